The number of pyridine rings is 1. The van der Waals surface area contributed by atoms with E-state index in [1.54, 1.807) is 36.5 Å². The summed E-state index contributed by atoms with van der Waals surface area (Å²) in [4.78, 5) is 21.2. The van der Waals surface area contributed by atoms with Crippen molar-refractivity contribution in [2.75, 3.05) is 5.32 Å². The number of nitrogens with one attached hydrogen (secondary N) is 1. The summed E-state index contributed by atoms with van der Waals surface area (Å²) in [5, 5.41) is 3.47. The number of oxazole rings is 1. The second-order valence-corrected chi connectivity index (χ2v) is 7.41. The third kappa shape index (κ3) is 3.81. The van der Waals surface area contributed by atoms with Gasteiger partial charge in [0, 0.05) is 28.0 Å². The van der Waals surface area contributed by atoms with Gasteiger partial charge in [0.2, 0.25) is 11.6 Å². The van der Waals surface area contributed by atoms with Crippen LogP contribution < -0.4 is 5.32 Å². The van der Waals surface area contributed by atoms with Gasteiger partial charge in [0.05, 0.1) is 0 Å². The van der Waals surface area contributed by atoms with Crippen LogP contribution in [0.4, 0.5) is 5.69 Å². The SMILES string of the molecule is Cc1ccc(-c2ccc(C(=O)Nc3ccc(-c4nc5cccnc5o4)cc3)o2)cc1Cl. The maximum absolute atomic E-state index is 12.6. The van der Waals surface area contributed by atoms with Crippen LogP contribution in [0.5, 0.6) is 0 Å². The minimum Gasteiger partial charge on any atom is -0.451 e. The predicted molar refractivity (Wildman–Crippen MR) is 119 cm³/mol. The maximum atomic E-state index is 12.6. The van der Waals surface area contributed by atoms with E-state index in [1.165, 1.54) is 0 Å². The maximum Gasteiger partial charge on any atom is 0.291 e. The van der Waals surface area contributed by atoms with Crippen LogP contribution in [-0.4, -0.2) is 15.9 Å². The molecule has 0 bridgehead atoms. The summed E-state index contributed by atoms with van der Waals surface area (Å²) in [6.07, 6.45) is 1.66. The molecule has 0 spiro atoms. The van der Waals surface area contributed by atoms with Crippen molar-refractivity contribution >= 4 is 34.4 Å². The van der Waals surface area contributed by atoms with Crippen molar-refractivity contribution in [3.63, 3.8) is 0 Å². The number of anilines is 1. The predicted octanol–water partition coefficient (Wildman–Crippen LogP) is 6.36. The Labute approximate surface area is 182 Å². The van der Waals surface area contributed by atoms with Gasteiger partial charge in [-0.3, -0.25) is 4.79 Å². The van der Waals surface area contributed by atoms with Crippen LogP contribution in [0.15, 0.2) is 81.8 Å². The van der Waals surface area contributed by atoms with Crippen LogP contribution in [0.3, 0.4) is 0 Å². The molecule has 5 rings (SSSR count). The Bertz CT molecular complexity index is 1370. The van der Waals surface area contributed by atoms with Crippen molar-refractivity contribution in [2.45, 2.75) is 6.92 Å². The summed E-state index contributed by atoms with van der Waals surface area (Å²) in [5.41, 5.74) is 4.38. The zero-order chi connectivity index (χ0) is 21.4. The van der Waals surface area contributed by atoms with Crippen LogP contribution in [-0.2, 0) is 0 Å². The molecule has 2 aromatic carbocycles. The molecule has 31 heavy (non-hydrogen) atoms. The van der Waals surface area contributed by atoms with Crippen LogP contribution in [0.1, 0.15) is 16.1 Å². The first-order valence-corrected chi connectivity index (χ1v) is 9.94. The van der Waals surface area contributed by atoms with Gasteiger partial charge >= 0.3 is 0 Å². The molecule has 0 radical (unpaired) electrons. The fraction of sp³-hybridized carbons (Fsp3) is 0.0417. The van der Waals surface area contributed by atoms with Crippen LogP contribution in [0, 0.1) is 6.92 Å². The Balaban J connectivity index is 1.31. The number of hydrogen-bond acceptors (Lipinski definition) is 5. The van der Waals surface area contributed by atoms with E-state index in [0.29, 0.717) is 33.6 Å². The molecule has 152 valence electrons. The molecule has 0 saturated carbocycles. The summed E-state index contributed by atoms with van der Waals surface area (Å²) in [6.45, 7) is 1.93. The number of nitrogens with zero attached hydrogens (tertiary/aromatic N) is 2. The van der Waals surface area contributed by atoms with Gasteiger partial charge in [0.25, 0.3) is 5.91 Å². The van der Waals surface area contributed by atoms with E-state index < -0.39 is 0 Å². The molecular weight excluding hydrogens is 414 g/mol. The number of carbonyl (C=O) groups is 1. The highest BCUT2D eigenvalue weighted by Gasteiger charge is 2.14. The highest BCUT2D eigenvalue weighted by Crippen LogP contribution is 2.28. The average Bonchev–Trinajstić information content (AvgIpc) is 3.44. The van der Waals surface area contributed by atoms with Crippen molar-refractivity contribution in [3.8, 4) is 22.8 Å². The molecule has 0 aliphatic rings. The van der Waals surface area contributed by atoms with Gasteiger partial charge in [-0.15, -0.1) is 0 Å². The zero-order valence-electron chi connectivity index (χ0n) is 16.4. The number of benzene rings is 2. The molecule has 1 amide bonds. The molecular formula is C24H16ClN3O3. The number of fused-ring (bicyclic) bond motifs is 1. The van der Waals surface area contributed by atoms with Crippen molar-refractivity contribution in [3.05, 3.63) is 89.3 Å². The molecule has 0 aliphatic heterocycles. The summed E-state index contributed by atoms with van der Waals surface area (Å²) < 4.78 is 11.4. The molecule has 3 heterocycles. The third-order valence-corrected chi connectivity index (χ3v) is 5.25. The molecule has 0 unspecified atom stereocenters. The smallest absolute Gasteiger partial charge is 0.291 e. The first-order valence-electron chi connectivity index (χ1n) is 9.56. The van der Waals surface area contributed by atoms with Crippen LogP contribution >= 0.6 is 11.6 Å². The van der Waals surface area contributed by atoms with Gasteiger partial charge in [-0.1, -0.05) is 23.7 Å². The van der Waals surface area contributed by atoms with E-state index >= 15 is 0 Å². The molecule has 0 saturated heterocycles. The van der Waals surface area contributed by atoms with E-state index in [-0.39, 0.29) is 11.7 Å². The number of halogens is 1. The highest BCUT2D eigenvalue weighted by atomic mass is 35.5. The van der Waals surface area contributed by atoms with Crippen LogP contribution in [0.25, 0.3) is 34.0 Å². The van der Waals surface area contributed by atoms with Crippen molar-refractivity contribution in [2.24, 2.45) is 0 Å². The quantitative estimate of drug-likeness (QED) is 0.359. The van der Waals surface area contributed by atoms with E-state index in [1.807, 2.05) is 43.3 Å². The normalized spacial score (nSPS) is 11.0. The lowest BCUT2D eigenvalue weighted by atomic mass is 10.1. The van der Waals surface area contributed by atoms with Gasteiger partial charge < -0.3 is 14.2 Å². The standard InChI is InChI=1S/C24H16ClN3O3/c1-14-4-5-16(13-18(14)25)20-10-11-21(30-20)22(29)27-17-8-6-15(7-9-17)23-28-19-3-2-12-26-24(19)31-23/h2-13H,1H3,(H,27,29). The zero-order valence-corrected chi connectivity index (χ0v) is 17.2. The van der Waals surface area contributed by atoms with Gasteiger partial charge in [0.1, 0.15) is 11.3 Å². The number of rotatable bonds is 4. The first kappa shape index (κ1) is 19.1. The average molecular weight is 430 g/mol. The minimum atomic E-state index is -0.344. The fourth-order valence-corrected chi connectivity index (χ4v) is 3.32. The van der Waals surface area contributed by atoms with Gasteiger partial charge in [-0.05, 0) is 67.1 Å². The van der Waals surface area contributed by atoms with Gasteiger partial charge in [-0.25, -0.2) is 9.97 Å². The Morgan fingerprint density at radius 3 is 2.55 bits per heavy atom. The third-order valence-electron chi connectivity index (χ3n) is 4.84. The second kappa shape index (κ2) is 7.74. The lowest BCUT2D eigenvalue weighted by Gasteiger charge is -2.04. The molecule has 6 nitrogen and oxygen atoms in total. The largest absolute Gasteiger partial charge is 0.451 e. The molecule has 5 aromatic rings. The number of carbonyl (C=O) groups excluding carboxylic acids is 1. The van der Waals surface area contributed by atoms with Crippen molar-refractivity contribution in [1.82, 2.24) is 9.97 Å². The van der Waals surface area contributed by atoms with E-state index in [4.69, 9.17) is 20.4 Å². The number of amides is 1. The summed E-state index contributed by atoms with van der Waals surface area (Å²) in [7, 11) is 0. The van der Waals surface area contributed by atoms with Gasteiger partial charge in [-0.2, -0.15) is 0 Å². The van der Waals surface area contributed by atoms with E-state index in [2.05, 4.69) is 15.3 Å². The molecule has 0 atom stereocenters. The minimum absolute atomic E-state index is 0.209. The van der Waals surface area contributed by atoms with E-state index in [9.17, 15) is 4.79 Å². The molecule has 0 aliphatic carbocycles. The summed E-state index contributed by atoms with van der Waals surface area (Å²) in [5.74, 6) is 0.912. The Kier molecular flexibility index (Phi) is 4.76. The first-order chi connectivity index (χ1) is 15.1. The van der Waals surface area contributed by atoms with Crippen molar-refractivity contribution < 1.29 is 13.6 Å². The number of aromatic nitrogens is 2. The van der Waals surface area contributed by atoms with Gasteiger partial charge in [0.15, 0.2) is 5.76 Å². The summed E-state index contributed by atoms with van der Waals surface area (Å²) >= 11 is 6.18. The number of furan rings is 1. The molecule has 0 fully saturated rings. The fourth-order valence-electron chi connectivity index (χ4n) is 3.14. The Morgan fingerprint density at radius 2 is 1.77 bits per heavy atom. The Morgan fingerprint density at radius 1 is 0.968 bits per heavy atom. The Hall–Kier alpha value is -3.90. The lowest BCUT2D eigenvalue weighted by molar-refractivity contribution is 0.0997. The highest BCUT2D eigenvalue weighted by molar-refractivity contribution is 6.31. The molecule has 1 N–H and O–H groups in total. The monoisotopic (exact) mass is 429 g/mol. The van der Waals surface area contributed by atoms with E-state index in [0.717, 1.165) is 16.7 Å². The number of hydrogen-bond donors (Lipinski definition) is 1. The summed E-state index contributed by atoms with van der Waals surface area (Å²) in [6, 6.07) is 19.9. The molecule has 7 heteroatoms. The lowest BCUT2D eigenvalue weighted by Crippen LogP contribution is -2.10. The van der Waals surface area contributed by atoms with Crippen LogP contribution in [0.2, 0.25) is 5.02 Å². The van der Waals surface area contributed by atoms with Crippen molar-refractivity contribution in [1.29, 1.82) is 0 Å². The molecule has 3 aromatic heterocycles. The second-order valence-electron chi connectivity index (χ2n) is 7.01. The topological polar surface area (TPSA) is 81.2 Å². The number of aryl methyl sites for hydroxylation is 1.